The minimum atomic E-state index is -0.593. The van der Waals surface area contributed by atoms with Gasteiger partial charge in [0.25, 0.3) is 5.91 Å². The fourth-order valence-corrected chi connectivity index (χ4v) is 6.15. The quantitative estimate of drug-likeness (QED) is 0.452. The SMILES string of the molecule is CC[C@]1(O)CC[C@]2(Cc3ccccc3)c3ccc(C(=O)Nc4cccnc4C)cc3C=CC[C@@H]2C1. The van der Waals surface area contributed by atoms with E-state index in [2.05, 4.69) is 65.8 Å². The second-order valence-corrected chi connectivity index (χ2v) is 10.3. The van der Waals surface area contributed by atoms with E-state index in [1.165, 1.54) is 11.1 Å². The van der Waals surface area contributed by atoms with E-state index in [9.17, 15) is 9.90 Å². The van der Waals surface area contributed by atoms with Gasteiger partial charge in [0.05, 0.1) is 17.0 Å². The summed E-state index contributed by atoms with van der Waals surface area (Å²) < 4.78 is 0. The van der Waals surface area contributed by atoms with Crippen molar-refractivity contribution in [3.05, 3.63) is 101 Å². The van der Waals surface area contributed by atoms with E-state index in [0.29, 0.717) is 11.5 Å². The second kappa shape index (κ2) is 9.43. The molecule has 180 valence electrons. The van der Waals surface area contributed by atoms with Gasteiger partial charge in [-0.2, -0.15) is 0 Å². The molecule has 2 aromatic carbocycles. The number of benzene rings is 2. The van der Waals surface area contributed by atoms with Gasteiger partial charge in [-0.05, 0) is 92.3 Å². The van der Waals surface area contributed by atoms with E-state index in [4.69, 9.17) is 0 Å². The summed E-state index contributed by atoms with van der Waals surface area (Å²) in [5.74, 6) is 0.218. The normalized spacial score (nSPS) is 25.3. The fraction of sp³-hybridized carbons (Fsp3) is 0.355. The van der Waals surface area contributed by atoms with Crippen LogP contribution in [0.15, 0.2) is 72.9 Å². The number of amides is 1. The summed E-state index contributed by atoms with van der Waals surface area (Å²) in [7, 11) is 0. The summed E-state index contributed by atoms with van der Waals surface area (Å²) in [6.07, 6.45) is 11.3. The number of hydrogen-bond acceptors (Lipinski definition) is 3. The maximum atomic E-state index is 13.1. The molecular formula is C31H34N2O2. The van der Waals surface area contributed by atoms with Crippen LogP contribution in [0, 0.1) is 12.8 Å². The van der Waals surface area contributed by atoms with Crippen molar-refractivity contribution in [2.45, 2.75) is 63.4 Å². The van der Waals surface area contributed by atoms with Gasteiger partial charge >= 0.3 is 0 Å². The number of carbonyl (C=O) groups is 1. The smallest absolute Gasteiger partial charge is 0.255 e. The number of fused-ring (bicyclic) bond motifs is 3. The van der Waals surface area contributed by atoms with Gasteiger partial charge in [-0.1, -0.05) is 55.5 Å². The number of aliphatic hydroxyl groups is 1. The first-order valence-corrected chi connectivity index (χ1v) is 12.7. The monoisotopic (exact) mass is 466 g/mol. The van der Waals surface area contributed by atoms with Crippen molar-refractivity contribution in [3.8, 4) is 0 Å². The molecule has 0 spiro atoms. The van der Waals surface area contributed by atoms with Crippen molar-refractivity contribution in [1.82, 2.24) is 4.98 Å². The first-order valence-electron chi connectivity index (χ1n) is 12.7. The Morgan fingerprint density at radius 2 is 1.94 bits per heavy atom. The molecule has 0 aliphatic heterocycles. The molecule has 5 rings (SSSR count). The number of allylic oxidation sites excluding steroid dienone is 1. The van der Waals surface area contributed by atoms with Crippen LogP contribution in [0.3, 0.4) is 0 Å². The maximum Gasteiger partial charge on any atom is 0.255 e. The molecule has 1 aromatic heterocycles. The molecule has 0 saturated heterocycles. The van der Waals surface area contributed by atoms with Crippen LogP contribution < -0.4 is 5.32 Å². The molecular weight excluding hydrogens is 432 g/mol. The van der Waals surface area contributed by atoms with Crippen LogP contribution >= 0.6 is 0 Å². The number of pyridine rings is 1. The standard InChI is InChI=1S/C31H34N2O2/c1-3-30(35)16-17-31(20-23-9-5-4-6-10-23)26(21-30)12-7-11-24-19-25(14-15-27(24)31)29(34)33-28-13-8-18-32-22(28)2/h4-11,13-15,18-19,26,35H,3,12,16-17,20-21H2,1-2H3,(H,33,34)/t26-,30+,31-/m1/s1. The number of carbonyl (C=O) groups excluding carboxylic acids is 1. The minimum Gasteiger partial charge on any atom is -0.390 e. The topological polar surface area (TPSA) is 62.2 Å². The molecule has 4 nitrogen and oxygen atoms in total. The van der Waals surface area contributed by atoms with E-state index in [1.54, 1.807) is 6.20 Å². The van der Waals surface area contributed by atoms with Gasteiger partial charge in [-0.3, -0.25) is 9.78 Å². The molecule has 2 aliphatic rings. The summed E-state index contributed by atoms with van der Waals surface area (Å²) in [5.41, 5.74) is 5.24. The lowest BCUT2D eigenvalue weighted by molar-refractivity contribution is -0.0475. The van der Waals surface area contributed by atoms with Crippen molar-refractivity contribution in [2.75, 3.05) is 5.32 Å². The van der Waals surface area contributed by atoms with E-state index < -0.39 is 5.60 Å². The third-order valence-corrected chi connectivity index (χ3v) is 8.29. The third kappa shape index (κ3) is 4.55. The predicted molar refractivity (Wildman–Crippen MR) is 141 cm³/mol. The zero-order chi connectivity index (χ0) is 24.5. The van der Waals surface area contributed by atoms with E-state index in [-0.39, 0.29) is 11.3 Å². The minimum absolute atomic E-state index is 0.0729. The molecule has 3 atom stereocenters. The Bertz CT molecular complexity index is 1250. The lowest BCUT2D eigenvalue weighted by atomic mass is 9.55. The first-order chi connectivity index (χ1) is 16.9. The van der Waals surface area contributed by atoms with Crippen LogP contribution in [0.25, 0.3) is 6.08 Å². The Morgan fingerprint density at radius 1 is 1.11 bits per heavy atom. The highest BCUT2D eigenvalue weighted by atomic mass is 16.3. The lowest BCUT2D eigenvalue weighted by Gasteiger charge is -2.50. The van der Waals surface area contributed by atoms with Crippen LogP contribution in [-0.2, 0) is 11.8 Å². The molecule has 35 heavy (non-hydrogen) atoms. The van der Waals surface area contributed by atoms with E-state index in [1.807, 2.05) is 31.2 Å². The predicted octanol–water partition coefficient (Wildman–Crippen LogP) is 6.48. The van der Waals surface area contributed by atoms with Crippen LogP contribution in [0.5, 0.6) is 0 Å². The number of aryl methyl sites for hydroxylation is 1. The number of anilines is 1. The molecule has 1 amide bonds. The molecule has 1 saturated carbocycles. The summed E-state index contributed by atoms with van der Waals surface area (Å²) in [5, 5.41) is 14.3. The van der Waals surface area contributed by atoms with E-state index >= 15 is 0 Å². The molecule has 1 fully saturated rings. The number of aromatic nitrogens is 1. The van der Waals surface area contributed by atoms with Gasteiger partial charge in [0.2, 0.25) is 0 Å². The number of nitrogens with one attached hydrogen (secondary N) is 1. The van der Waals surface area contributed by atoms with Crippen LogP contribution in [0.2, 0.25) is 0 Å². The highest BCUT2D eigenvalue weighted by molar-refractivity contribution is 6.05. The Labute approximate surface area is 208 Å². The molecule has 0 bridgehead atoms. The molecule has 0 unspecified atom stereocenters. The summed E-state index contributed by atoms with van der Waals surface area (Å²) in [6, 6.07) is 20.6. The summed E-state index contributed by atoms with van der Waals surface area (Å²) in [4.78, 5) is 17.4. The fourth-order valence-electron chi connectivity index (χ4n) is 6.15. The molecule has 3 aromatic rings. The number of nitrogens with zero attached hydrogens (tertiary/aromatic N) is 1. The Morgan fingerprint density at radius 3 is 2.71 bits per heavy atom. The number of rotatable bonds is 5. The third-order valence-electron chi connectivity index (χ3n) is 8.29. The Kier molecular flexibility index (Phi) is 6.33. The van der Waals surface area contributed by atoms with Gasteiger partial charge in [0.1, 0.15) is 0 Å². The molecule has 0 radical (unpaired) electrons. The zero-order valence-electron chi connectivity index (χ0n) is 20.6. The van der Waals surface area contributed by atoms with E-state index in [0.717, 1.165) is 55.5 Å². The first kappa shape index (κ1) is 23.5. The van der Waals surface area contributed by atoms with Crippen molar-refractivity contribution in [3.63, 3.8) is 0 Å². The lowest BCUT2D eigenvalue weighted by Crippen LogP contribution is -2.48. The Hall–Kier alpha value is -3.24. The second-order valence-electron chi connectivity index (χ2n) is 10.3. The largest absolute Gasteiger partial charge is 0.390 e. The van der Waals surface area contributed by atoms with Crippen molar-refractivity contribution >= 4 is 17.7 Å². The summed E-state index contributed by atoms with van der Waals surface area (Å²) >= 11 is 0. The highest BCUT2D eigenvalue weighted by Gasteiger charge is 2.49. The highest BCUT2D eigenvalue weighted by Crippen LogP contribution is 2.53. The van der Waals surface area contributed by atoms with Gasteiger partial charge in [-0.15, -0.1) is 0 Å². The van der Waals surface area contributed by atoms with Crippen LogP contribution in [0.1, 0.15) is 71.8 Å². The van der Waals surface area contributed by atoms with Gasteiger partial charge in [0.15, 0.2) is 0 Å². The van der Waals surface area contributed by atoms with Crippen LogP contribution in [0.4, 0.5) is 5.69 Å². The van der Waals surface area contributed by atoms with Gasteiger partial charge in [0, 0.05) is 17.2 Å². The van der Waals surface area contributed by atoms with Crippen molar-refractivity contribution in [1.29, 1.82) is 0 Å². The average molecular weight is 467 g/mol. The molecule has 2 N–H and O–H groups in total. The maximum absolute atomic E-state index is 13.1. The average Bonchev–Trinajstić information content (AvgIpc) is 3.02. The zero-order valence-corrected chi connectivity index (χ0v) is 20.6. The van der Waals surface area contributed by atoms with Crippen molar-refractivity contribution < 1.29 is 9.90 Å². The molecule has 4 heteroatoms. The van der Waals surface area contributed by atoms with Gasteiger partial charge < -0.3 is 10.4 Å². The molecule has 1 heterocycles. The summed E-state index contributed by atoms with van der Waals surface area (Å²) in [6.45, 7) is 3.99. The van der Waals surface area contributed by atoms with Gasteiger partial charge in [-0.25, -0.2) is 0 Å². The number of hydrogen-bond donors (Lipinski definition) is 2. The van der Waals surface area contributed by atoms with Crippen molar-refractivity contribution in [2.24, 2.45) is 5.92 Å². The van der Waals surface area contributed by atoms with Crippen LogP contribution in [-0.4, -0.2) is 21.6 Å². The Balaban J connectivity index is 1.53. The molecule has 2 aliphatic carbocycles.